The summed E-state index contributed by atoms with van der Waals surface area (Å²) in [7, 11) is -4.10. The molecule has 136 valence electrons. The Morgan fingerprint density at radius 3 is 2.69 bits per heavy atom. The van der Waals surface area contributed by atoms with Crippen molar-refractivity contribution in [2.75, 3.05) is 6.54 Å². The highest BCUT2D eigenvalue weighted by Gasteiger charge is 2.31. The van der Waals surface area contributed by atoms with E-state index in [1.807, 2.05) is 17.5 Å². The van der Waals surface area contributed by atoms with Crippen LogP contribution >= 0.6 is 11.3 Å². The van der Waals surface area contributed by atoms with Gasteiger partial charge in [-0.15, -0.1) is 11.3 Å². The SMILES string of the molecule is CCN(Cc1nc(-c2cccs2)no1)S(=O)(=O)c1ccccc1[N+](=O)[O-]. The Morgan fingerprint density at radius 2 is 2.04 bits per heavy atom. The molecule has 26 heavy (non-hydrogen) atoms. The van der Waals surface area contributed by atoms with Gasteiger partial charge in [-0.1, -0.05) is 30.3 Å². The van der Waals surface area contributed by atoms with Crippen molar-refractivity contribution in [3.63, 3.8) is 0 Å². The lowest BCUT2D eigenvalue weighted by molar-refractivity contribution is -0.387. The van der Waals surface area contributed by atoms with Gasteiger partial charge in [0.05, 0.1) is 16.3 Å². The van der Waals surface area contributed by atoms with Gasteiger partial charge in [-0.05, 0) is 17.5 Å². The average molecular weight is 394 g/mol. The maximum Gasteiger partial charge on any atom is 0.289 e. The Kier molecular flexibility index (Phi) is 5.11. The Hall–Kier alpha value is -2.63. The minimum Gasteiger partial charge on any atom is -0.337 e. The van der Waals surface area contributed by atoms with Gasteiger partial charge >= 0.3 is 0 Å². The minimum atomic E-state index is -4.10. The normalized spacial score (nSPS) is 11.8. The van der Waals surface area contributed by atoms with Crippen LogP contribution in [0, 0.1) is 10.1 Å². The fraction of sp³-hybridized carbons (Fsp3) is 0.200. The summed E-state index contributed by atoms with van der Waals surface area (Å²) in [5.74, 6) is 0.478. The van der Waals surface area contributed by atoms with Crippen LogP contribution in [0.2, 0.25) is 0 Å². The van der Waals surface area contributed by atoms with E-state index in [0.29, 0.717) is 5.82 Å². The second kappa shape index (κ2) is 7.32. The molecule has 0 spiro atoms. The summed E-state index contributed by atoms with van der Waals surface area (Å²) in [6.45, 7) is 1.54. The van der Waals surface area contributed by atoms with Gasteiger partial charge in [0.15, 0.2) is 4.90 Å². The number of sulfonamides is 1. The molecule has 0 aliphatic rings. The highest BCUT2D eigenvalue weighted by atomic mass is 32.2. The molecule has 0 fully saturated rings. The van der Waals surface area contributed by atoms with Crippen LogP contribution in [0.1, 0.15) is 12.8 Å². The second-order valence-corrected chi connectivity index (χ2v) is 8.00. The fourth-order valence-corrected chi connectivity index (χ4v) is 4.51. The van der Waals surface area contributed by atoms with Gasteiger partial charge in [-0.25, -0.2) is 8.42 Å². The van der Waals surface area contributed by atoms with Crippen molar-refractivity contribution >= 4 is 27.0 Å². The topological polar surface area (TPSA) is 119 Å². The van der Waals surface area contributed by atoms with Crippen LogP contribution in [0.3, 0.4) is 0 Å². The summed E-state index contributed by atoms with van der Waals surface area (Å²) in [6, 6.07) is 8.88. The van der Waals surface area contributed by atoms with E-state index in [9.17, 15) is 18.5 Å². The molecule has 0 saturated heterocycles. The van der Waals surface area contributed by atoms with Crippen LogP contribution in [0.4, 0.5) is 5.69 Å². The predicted octanol–water partition coefficient (Wildman–Crippen LogP) is 2.92. The first-order chi connectivity index (χ1) is 12.4. The molecule has 2 heterocycles. The fourth-order valence-electron chi connectivity index (χ4n) is 2.31. The van der Waals surface area contributed by atoms with Crippen molar-refractivity contribution in [1.29, 1.82) is 0 Å². The molecule has 2 aromatic heterocycles. The standard InChI is InChI=1S/C15H14N4O5S2/c1-2-18(10-14-16-15(17-24-14)12-7-5-9-25-12)26(22,23)13-8-4-3-6-11(13)19(20)21/h3-9H,2,10H2,1H3. The molecule has 0 bridgehead atoms. The molecule has 0 amide bonds. The number of benzene rings is 1. The molecule has 0 aliphatic carbocycles. The number of thiophene rings is 1. The third-order valence-corrected chi connectivity index (χ3v) is 6.39. The molecule has 0 radical (unpaired) electrons. The van der Waals surface area contributed by atoms with Crippen LogP contribution in [0.15, 0.2) is 51.2 Å². The van der Waals surface area contributed by atoms with Gasteiger partial charge in [-0.2, -0.15) is 9.29 Å². The van der Waals surface area contributed by atoms with Crippen molar-refractivity contribution in [1.82, 2.24) is 14.4 Å². The van der Waals surface area contributed by atoms with E-state index in [1.165, 1.54) is 29.5 Å². The molecule has 0 unspecified atom stereocenters. The Morgan fingerprint density at radius 1 is 1.27 bits per heavy atom. The number of hydrogen-bond donors (Lipinski definition) is 0. The summed E-state index contributed by atoms with van der Waals surface area (Å²) in [6.07, 6.45) is 0. The molecule has 0 aliphatic heterocycles. The van der Waals surface area contributed by atoms with E-state index >= 15 is 0 Å². The van der Waals surface area contributed by atoms with Gasteiger partial charge in [0.2, 0.25) is 21.7 Å². The number of hydrogen-bond acceptors (Lipinski definition) is 8. The average Bonchev–Trinajstić information content (AvgIpc) is 3.30. The van der Waals surface area contributed by atoms with E-state index in [1.54, 1.807) is 6.92 Å². The maximum absolute atomic E-state index is 12.9. The van der Waals surface area contributed by atoms with Crippen LogP contribution < -0.4 is 0 Å². The van der Waals surface area contributed by atoms with E-state index in [-0.39, 0.29) is 23.9 Å². The number of rotatable bonds is 7. The smallest absolute Gasteiger partial charge is 0.289 e. The van der Waals surface area contributed by atoms with E-state index in [0.717, 1.165) is 15.2 Å². The molecular formula is C15H14N4O5S2. The van der Waals surface area contributed by atoms with Crippen molar-refractivity contribution in [3.8, 4) is 10.7 Å². The number of para-hydroxylation sites is 1. The van der Waals surface area contributed by atoms with Crippen LogP contribution in [0.5, 0.6) is 0 Å². The largest absolute Gasteiger partial charge is 0.337 e. The van der Waals surface area contributed by atoms with Crippen molar-refractivity contribution in [2.45, 2.75) is 18.4 Å². The number of nitro groups is 1. The molecule has 0 N–H and O–H groups in total. The summed E-state index contributed by atoms with van der Waals surface area (Å²) >= 11 is 1.43. The Bertz CT molecular complexity index is 1010. The highest BCUT2D eigenvalue weighted by molar-refractivity contribution is 7.89. The lowest BCUT2D eigenvalue weighted by Crippen LogP contribution is -2.31. The Balaban J connectivity index is 1.90. The van der Waals surface area contributed by atoms with E-state index < -0.39 is 20.6 Å². The summed E-state index contributed by atoms with van der Waals surface area (Å²) in [5.41, 5.74) is -0.476. The van der Waals surface area contributed by atoms with Crippen molar-refractivity contribution in [2.24, 2.45) is 0 Å². The third kappa shape index (κ3) is 3.49. The van der Waals surface area contributed by atoms with Crippen molar-refractivity contribution in [3.05, 3.63) is 57.8 Å². The summed E-state index contributed by atoms with van der Waals surface area (Å²) in [5, 5.41) is 16.9. The first-order valence-corrected chi connectivity index (χ1v) is 9.85. The quantitative estimate of drug-likeness (QED) is 0.446. The minimum absolute atomic E-state index is 0.0884. The monoisotopic (exact) mass is 394 g/mol. The van der Waals surface area contributed by atoms with Gasteiger partial charge < -0.3 is 4.52 Å². The van der Waals surface area contributed by atoms with Gasteiger partial charge in [0.25, 0.3) is 5.69 Å². The van der Waals surface area contributed by atoms with E-state index in [2.05, 4.69) is 10.1 Å². The lowest BCUT2D eigenvalue weighted by Gasteiger charge is -2.18. The van der Waals surface area contributed by atoms with E-state index in [4.69, 9.17) is 4.52 Å². The highest BCUT2D eigenvalue weighted by Crippen LogP contribution is 2.27. The summed E-state index contributed by atoms with van der Waals surface area (Å²) < 4.78 is 31.9. The zero-order valence-electron chi connectivity index (χ0n) is 13.6. The lowest BCUT2D eigenvalue weighted by atomic mass is 10.3. The first-order valence-electron chi connectivity index (χ1n) is 7.53. The van der Waals surface area contributed by atoms with Crippen LogP contribution in [-0.2, 0) is 16.6 Å². The predicted molar refractivity (Wildman–Crippen MR) is 94.0 cm³/mol. The zero-order valence-corrected chi connectivity index (χ0v) is 15.2. The molecule has 11 heteroatoms. The molecule has 1 aromatic carbocycles. The Labute approximate surface area is 153 Å². The van der Waals surface area contributed by atoms with Gasteiger partial charge in [-0.3, -0.25) is 10.1 Å². The second-order valence-electron chi connectivity index (χ2n) is 5.15. The maximum atomic E-state index is 12.9. The first kappa shape index (κ1) is 18.2. The molecular weight excluding hydrogens is 380 g/mol. The molecule has 3 aromatic rings. The van der Waals surface area contributed by atoms with Crippen molar-refractivity contribution < 1.29 is 17.9 Å². The zero-order chi connectivity index (χ0) is 18.7. The molecule has 0 atom stereocenters. The van der Waals surface area contributed by atoms with Crippen LogP contribution in [-0.4, -0.2) is 34.3 Å². The molecule has 3 rings (SSSR count). The number of nitro benzene ring substituents is 1. The summed E-state index contributed by atoms with van der Waals surface area (Å²) in [4.78, 5) is 15.1. The van der Waals surface area contributed by atoms with Gasteiger partial charge in [0.1, 0.15) is 0 Å². The van der Waals surface area contributed by atoms with Gasteiger partial charge in [0, 0.05) is 12.6 Å². The molecule has 0 saturated carbocycles. The number of nitrogens with zero attached hydrogens (tertiary/aromatic N) is 4. The molecule has 9 nitrogen and oxygen atoms in total. The number of aromatic nitrogens is 2. The third-order valence-electron chi connectivity index (χ3n) is 3.55. The van der Waals surface area contributed by atoms with Crippen LogP contribution in [0.25, 0.3) is 10.7 Å².